The summed E-state index contributed by atoms with van der Waals surface area (Å²) >= 11 is 1.26. The first kappa shape index (κ1) is 17.5. The van der Waals surface area contributed by atoms with E-state index in [0.717, 1.165) is 12.1 Å². The number of sulfonamides is 1. The van der Waals surface area contributed by atoms with Crippen molar-refractivity contribution in [3.05, 3.63) is 52.2 Å². The van der Waals surface area contributed by atoms with E-state index in [4.69, 9.17) is 0 Å². The van der Waals surface area contributed by atoms with E-state index in [0.29, 0.717) is 10.9 Å². The van der Waals surface area contributed by atoms with Crippen LogP contribution in [0.1, 0.15) is 17.3 Å². The van der Waals surface area contributed by atoms with E-state index in [1.54, 1.807) is 17.5 Å². The molecule has 1 aromatic heterocycles. The van der Waals surface area contributed by atoms with Gasteiger partial charge in [0.2, 0.25) is 10.0 Å². The van der Waals surface area contributed by atoms with Crippen molar-refractivity contribution in [2.45, 2.75) is 17.4 Å². The molecule has 0 bridgehead atoms. The van der Waals surface area contributed by atoms with Crippen LogP contribution in [0.25, 0.3) is 0 Å². The highest BCUT2D eigenvalue weighted by Crippen LogP contribution is 2.25. The largest absolute Gasteiger partial charge is 0.469 e. The molecule has 2 aromatic rings. The number of esters is 1. The minimum Gasteiger partial charge on any atom is -0.469 e. The molecule has 1 atom stereocenters. The van der Waals surface area contributed by atoms with Gasteiger partial charge in [-0.2, -0.15) is 0 Å². The molecule has 1 N–H and O–H groups in total. The fourth-order valence-corrected chi connectivity index (χ4v) is 3.92. The van der Waals surface area contributed by atoms with Crippen LogP contribution in [0.2, 0.25) is 0 Å². The molecule has 1 heterocycles. The zero-order valence-corrected chi connectivity index (χ0v) is 13.6. The molecule has 0 saturated heterocycles. The molecule has 0 spiro atoms. The van der Waals surface area contributed by atoms with Crippen LogP contribution in [0, 0.1) is 11.6 Å². The summed E-state index contributed by atoms with van der Waals surface area (Å²) in [6.45, 7) is 0. The molecule has 0 aliphatic rings. The van der Waals surface area contributed by atoms with Crippen LogP contribution in [0.5, 0.6) is 0 Å². The van der Waals surface area contributed by atoms with Crippen molar-refractivity contribution in [2.24, 2.45) is 0 Å². The second-order valence-electron chi connectivity index (χ2n) is 4.55. The summed E-state index contributed by atoms with van der Waals surface area (Å²) in [6.07, 6.45) is -0.222. The van der Waals surface area contributed by atoms with Crippen LogP contribution in [-0.2, 0) is 19.6 Å². The monoisotopic (exact) mass is 361 g/mol. The normalized spacial score (nSPS) is 12.8. The van der Waals surface area contributed by atoms with Crippen LogP contribution < -0.4 is 4.72 Å². The molecule has 0 saturated carbocycles. The van der Waals surface area contributed by atoms with Gasteiger partial charge in [-0.3, -0.25) is 4.79 Å². The Balaban J connectivity index is 2.30. The molecule has 0 aliphatic heterocycles. The second-order valence-corrected chi connectivity index (χ2v) is 7.24. The third kappa shape index (κ3) is 4.34. The van der Waals surface area contributed by atoms with Gasteiger partial charge < -0.3 is 4.74 Å². The minimum absolute atomic E-state index is 0.222. The number of rotatable bonds is 6. The third-order valence-corrected chi connectivity index (χ3v) is 5.44. The van der Waals surface area contributed by atoms with Gasteiger partial charge in [-0.1, -0.05) is 6.07 Å². The number of thiophene rings is 1. The van der Waals surface area contributed by atoms with Gasteiger partial charge in [0.15, 0.2) is 11.6 Å². The molecule has 124 valence electrons. The average Bonchev–Trinajstić information content (AvgIpc) is 3.03. The van der Waals surface area contributed by atoms with Crippen molar-refractivity contribution in [3.8, 4) is 0 Å². The summed E-state index contributed by atoms with van der Waals surface area (Å²) in [5, 5.41) is 1.73. The van der Waals surface area contributed by atoms with Crippen LogP contribution in [0.3, 0.4) is 0 Å². The Morgan fingerprint density at radius 3 is 2.61 bits per heavy atom. The Morgan fingerprint density at radius 2 is 2.04 bits per heavy atom. The summed E-state index contributed by atoms with van der Waals surface area (Å²) in [6, 6.07) is 4.76. The molecule has 0 fully saturated rings. The first-order valence-electron chi connectivity index (χ1n) is 6.41. The smallest absolute Gasteiger partial charge is 0.307 e. The summed E-state index contributed by atoms with van der Waals surface area (Å²) in [5.41, 5.74) is 0. The van der Waals surface area contributed by atoms with Gasteiger partial charge in [0.05, 0.1) is 24.5 Å². The number of hydrogen-bond acceptors (Lipinski definition) is 5. The van der Waals surface area contributed by atoms with E-state index in [2.05, 4.69) is 9.46 Å². The van der Waals surface area contributed by atoms with E-state index >= 15 is 0 Å². The molecule has 5 nitrogen and oxygen atoms in total. The number of benzene rings is 1. The van der Waals surface area contributed by atoms with Crippen LogP contribution in [0.15, 0.2) is 40.6 Å². The van der Waals surface area contributed by atoms with Gasteiger partial charge in [-0.15, -0.1) is 11.3 Å². The average molecular weight is 361 g/mol. The lowest BCUT2D eigenvalue weighted by Gasteiger charge is -2.16. The topological polar surface area (TPSA) is 72.5 Å². The maximum Gasteiger partial charge on any atom is 0.307 e. The lowest BCUT2D eigenvalue weighted by Crippen LogP contribution is -2.30. The van der Waals surface area contributed by atoms with Crippen molar-refractivity contribution in [1.29, 1.82) is 0 Å². The van der Waals surface area contributed by atoms with Gasteiger partial charge in [0.1, 0.15) is 0 Å². The Labute approximate surface area is 136 Å². The fraction of sp³-hybridized carbons (Fsp3) is 0.214. The van der Waals surface area contributed by atoms with Crippen LogP contribution in [0.4, 0.5) is 8.78 Å². The van der Waals surface area contributed by atoms with E-state index < -0.39 is 38.6 Å². The zero-order chi connectivity index (χ0) is 17.0. The minimum atomic E-state index is -4.14. The first-order chi connectivity index (χ1) is 10.8. The number of methoxy groups -OCH3 is 1. The maximum atomic E-state index is 13.2. The van der Waals surface area contributed by atoms with E-state index in [1.807, 2.05) is 0 Å². The Bertz CT molecular complexity index is 791. The molecule has 23 heavy (non-hydrogen) atoms. The molecule has 0 aliphatic carbocycles. The van der Waals surface area contributed by atoms with Gasteiger partial charge in [-0.25, -0.2) is 21.9 Å². The van der Waals surface area contributed by atoms with E-state index in [9.17, 15) is 22.0 Å². The first-order valence-corrected chi connectivity index (χ1v) is 8.77. The van der Waals surface area contributed by atoms with Gasteiger partial charge >= 0.3 is 5.97 Å². The molecular formula is C14H13F2NO4S2. The summed E-state index contributed by atoms with van der Waals surface area (Å²) in [7, 11) is -2.94. The fourth-order valence-electron chi connectivity index (χ4n) is 1.84. The van der Waals surface area contributed by atoms with Crippen molar-refractivity contribution in [2.75, 3.05) is 7.11 Å². The van der Waals surface area contributed by atoms with Crippen LogP contribution in [-0.4, -0.2) is 21.5 Å². The summed E-state index contributed by atoms with van der Waals surface area (Å²) < 4.78 is 57.7. The Morgan fingerprint density at radius 1 is 1.30 bits per heavy atom. The maximum absolute atomic E-state index is 13.2. The molecule has 1 aromatic carbocycles. The van der Waals surface area contributed by atoms with Crippen molar-refractivity contribution >= 4 is 27.3 Å². The summed E-state index contributed by atoms with van der Waals surface area (Å²) in [4.78, 5) is 11.6. The van der Waals surface area contributed by atoms with Gasteiger partial charge in [-0.05, 0) is 29.6 Å². The van der Waals surface area contributed by atoms with Crippen molar-refractivity contribution < 1.29 is 26.7 Å². The summed E-state index contributed by atoms with van der Waals surface area (Å²) in [5.74, 6) is -3.02. The van der Waals surface area contributed by atoms with Gasteiger partial charge in [0.25, 0.3) is 0 Å². The second kappa shape index (κ2) is 7.16. The Hall–Kier alpha value is -1.84. The molecule has 2 rings (SSSR count). The predicted octanol–water partition coefficient (Wildman–Crippen LogP) is 2.61. The van der Waals surface area contributed by atoms with E-state index in [-0.39, 0.29) is 6.42 Å². The molecule has 0 unspecified atom stereocenters. The lowest BCUT2D eigenvalue weighted by molar-refractivity contribution is -0.141. The molecule has 0 amide bonds. The highest BCUT2D eigenvalue weighted by molar-refractivity contribution is 7.89. The van der Waals surface area contributed by atoms with Crippen molar-refractivity contribution in [1.82, 2.24) is 4.72 Å². The molecule has 9 heteroatoms. The number of ether oxygens (including phenoxy) is 1. The predicted molar refractivity (Wildman–Crippen MR) is 80.4 cm³/mol. The number of nitrogens with one attached hydrogen (secondary N) is 1. The highest BCUT2D eigenvalue weighted by Gasteiger charge is 2.25. The molecule has 0 radical (unpaired) electrons. The van der Waals surface area contributed by atoms with Crippen LogP contribution >= 0.6 is 11.3 Å². The SMILES string of the molecule is COC(=O)C[C@@H](NS(=O)(=O)c1ccc(F)c(F)c1)c1cccs1. The third-order valence-electron chi connectivity index (χ3n) is 2.98. The number of halogens is 2. The molecular weight excluding hydrogens is 348 g/mol. The highest BCUT2D eigenvalue weighted by atomic mass is 32.2. The number of hydrogen-bond donors (Lipinski definition) is 1. The number of carbonyl (C=O) groups is 1. The Kier molecular flexibility index (Phi) is 5.45. The van der Waals surface area contributed by atoms with Crippen molar-refractivity contribution in [3.63, 3.8) is 0 Å². The standard InChI is InChI=1S/C14H13F2NO4S2/c1-21-14(18)8-12(13-3-2-6-22-13)17-23(19,20)9-4-5-10(15)11(16)7-9/h2-7,12,17H,8H2,1H3/t12-/m1/s1. The quantitative estimate of drug-likeness (QED) is 0.803. The lowest BCUT2D eigenvalue weighted by atomic mass is 10.2. The van der Waals surface area contributed by atoms with E-state index in [1.165, 1.54) is 18.4 Å². The number of carbonyl (C=O) groups excluding carboxylic acids is 1. The van der Waals surface area contributed by atoms with Gasteiger partial charge in [0, 0.05) is 4.88 Å². The zero-order valence-electron chi connectivity index (χ0n) is 12.0.